The van der Waals surface area contributed by atoms with Crippen molar-refractivity contribution in [1.29, 1.82) is 0 Å². The van der Waals surface area contributed by atoms with E-state index in [1.165, 1.54) is 13.2 Å². The van der Waals surface area contributed by atoms with Crippen LogP contribution in [0.3, 0.4) is 0 Å². The van der Waals surface area contributed by atoms with Gasteiger partial charge in [-0.3, -0.25) is 0 Å². The van der Waals surface area contributed by atoms with Crippen LogP contribution in [0.2, 0.25) is 0 Å². The second-order valence-corrected chi connectivity index (χ2v) is 5.70. The van der Waals surface area contributed by atoms with Crippen molar-refractivity contribution in [3.05, 3.63) is 23.8 Å². The monoisotopic (exact) mass is 475 g/mol. The Kier molecular flexibility index (Phi) is 10.6. The number of ether oxygens (including phenoxy) is 2. The van der Waals surface area contributed by atoms with E-state index in [1.54, 1.807) is 12.1 Å². The zero-order valence-electron chi connectivity index (χ0n) is 14.5. The molecule has 144 valence electrons. The molecule has 1 aromatic carbocycles. The Balaban J connectivity index is 0.00000576. The molecule has 0 aliphatic rings. The first-order valence-corrected chi connectivity index (χ1v) is 7.61. The molecular weight excluding hydrogens is 450 g/mol. The summed E-state index contributed by atoms with van der Waals surface area (Å²) < 4.78 is 46.4. The van der Waals surface area contributed by atoms with E-state index in [0.29, 0.717) is 11.9 Å². The van der Waals surface area contributed by atoms with Gasteiger partial charge in [0.15, 0.2) is 24.1 Å². The molecule has 0 saturated carbocycles. The molecule has 5 nitrogen and oxygen atoms in total. The lowest BCUT2D eigenvalue weighted by molar-refractivity contribution is -0.153. The quantitative estimate of drug-likeness (QED) is 0.342. The first-order chi connectivity index (χ1) is 11.2. The van der Waals surface area contributed by atoms with Gasteiger partial charge >= 0.3 is 6.18 Å². The maximum Gasteiger partial charge on any atom is 0.422 e. The highest BCUT2D eigenvalue weighted by atomic mass is 127. The Hall–Kier alpha value is -1.39. The predicted molar refractivity (Wildman–Crippen MR) is 103 cm³/mol. The van der Waals surface area contributed by atoms with Gasteiger partial charge in [-0.05, 0) is 30.0 Å². The van der Waals surface area contributed by atoms with Crippen LogP contribution in [0.25, 0.3) is 0 Å². The summed E-state index contributed by atoms with van der Waals surface area (Å²) in [4.78, 5) is 4.19. The van der Waals surface area contributed by atoms with E-state index >= 15 is 0 Å². The van der Waals surface area contributed by atoms with Crippen LogP contribution in [0.1, 0.15) is 25.8 Å². The molecule has 1 rings (SSSR count). The van der Waals surface area contributed by atoms with Gasteiger partial charge in [-0.15, -0.1) is 24.0 Å². The molecule has 0 aromatic heterocycles. The zero-order chi connectivity index (χ0) is 18.2. The van der Waals surface area contributed by atoms with Gasteiger partial charge in [0, 0.05) is 6.54 Å². The molecule has 9 heteroatoms. The molecular formula is C16H25F3IN3O2. The number of aliphatic imine (C=N–C) groups is 1. The topological polar surface area (TPSA) is 68.9 Å². The number of nitrogens with one attached hydrogen (secondary N) is 1. The average molecular weight is 475 g/mol. The number of hydrogen-bond acceptors (Lipinski definition) is 3. The van der Waals surface area contributed by atoms with Gasteiger partial charge in [0.05, 0.1) is 13.7 Å². The van der Waals surface area contributed by atoms with Gasteiger partial charge < -0.3 is 20.5 Å². The largest absolute Gasteiger partial charge is 0.493 e. The van der Waals surface area contributed by atoms with Crippen LogP contribution in [0.5, 0.6) is 11.5 Å². The third-order valence-electron chi connectivity index (χ3n) is 3.08. The minimum atomic E-state index is -4.40. The molecule has 0 aliphatic heterocycles. The molecule has 3 N–H and O–H groups in total. The fraction of sp³-hybridized carbons (Fsp3) is 0.562. The Morgan fingerprint density at radius 2 is 1.96 bits per heavy atom. The van der Waals surface area contributed by atoms with Crippen LogP contribution in [-0.2, 0) is 6.54 Å². The van der Waals surface area contributed by atoms with E-state index in [4.69, 9.17) is 15.2 Å². The number of hydrogen-bond donors (Lipinski definition) is 2. The molecule has 25 heavy (non-hydrogen) atoms. The standard InChI is InChI=1S/C16H24F3N3O2.HI/c1-11(2)6-7-21-15(20)22-9-12-4-5-13(14(8-12)23-3)24-10-16(17,18)19;/h4-5,8,11H,6-7,9-10H2,1-3H3,(H3,20,21,22);1H. The maximum absolute atomic E-state index is 12.2. The summed E-state index contributed by atoms with van der Waals surface area (Å²) in [6.07, 6.45) is -3.42. The number of rotatable bonds is 8. The summed E-state index contributed by atoms with van der Waals surface area (Å²) in [7, 11) is 1.37. The molecule has 0 heterocycles. The summed E-state index contributed by atoms with van der Waals surface area (Å²) in [6, 6.07) is 4.63. The van der Waals surface area contributed by atoms with E-state index in [2.05, 4.69) is 24.2 Å². The third-order valence-corrected chi connectivity index (χ3v) is 3.08. The minimum absolute atomic E-state index is 0. The Bertz CT molecular complexity index is 552. The second-order valence-electron chi connectivity index (χ2n) is 5.70. The van der Waals surface area contributed by atoms with Gasteiger partial charge in [0.1, 0.15) is 0 Å². The van der Waals surface area contributed by atoms with Crippen LogP contribution < -0.4 is 20.5 Å². The van der Waals surface area contributed by atoms with Crippen LogP contribution in [-0.4, -0.2) is 32.4 Å². The highest BCUT2D eigenvalue weighted by molar-refractivity contribution is 14.0. The second kappa shape index (κ2) is 11.3. The molecule has 0 aliphatic carbocycles. The summed E-state index contributed by atoms with van der Waals surface area (Å²) >= 11 is 0. The molecule has 0 bridgehead atoms. The van der Waals surface area contributed by atoms with Crippen LogP contribution in [0.4, 0.5) is 13.2 Å². The number of methoxy groups -OCH3 is 1. The minimum Gasteiger partial charge on any atom is -0.493 e. The third kappa shape index (κ3) is 10.3. The highest BCUT2D eigenvalue weighted by Crippen LogP contribution is 2.30. The molecule has 0 fully saturated rings. The summed E-state index contributed by atoms with van der Waals surface area (Å²) in [5.41, 5.74) is 6.51. The lowest BCUT2D eigenvalue weighted by Gasteiger charge is -2.13. The fourth-order valence-electron chi connectivity index (χ4n) is 1.81. The molecule has 0 radical (unpaired) electrons. The molecule has 0 amide bonds. The Labute approximate surface area is 163 Å². The first-order valence-electron chi connectivity index (χ1n) is 7.61. The van der Waals surface area contributed by atoms with Crippen molar-refractivity contribution in [3.8, 4) is 11.5 Å². The summed E-state index contributed by atoms with van der Waals surface area (Å²) in [6.45, 7) is 3.89. The molecule has 1 aromatic rings. The van der Waals surface area contributed by atoms with Gasteiger partial charge in [0.25, 0.3) is 0 Å². The fourth-order valence-corrected chi connectivity index (χ4v) is 1.81. The van der Waals surface area contributed by atoms with Gasteiger partial charge in [0.2, 0.25) is 0 Å². The lowest BCUT2D eigenvalue weighted by atomic mass is 10.1. The first kappa shape index (κ1) is 23.6. The Morgan fingerprint density at radius 3 is 2.52 bits per heavy atom. The molecule has 0 saturated heterocycles. The van der Waals surface area contributed by atoms with Gasteiger partial charge in [-0.2, -0.15) is 13.2 Å². The zero-order valence-corrected chi connectivity index (χ0v) is 16.9. The lowest BCUT2D eigenvalue weighted by Crippen LogP contribution is -2.32. The average Bonchev–Trinajstić information content (AvgIpc) is 2.50. The van der Waals surface area contributed by atoms with Crippen LogP contribution in [0.15, 0.2) is 23.2 Å². The van der Waals surface area contributed by atoms with Crippen molar-refractivity contribution in [2.24, 2.45) is 16.6 Å². The van der Waals surface area contributed by atoms with Crippen molar-refractivity contribution < 1.29 is 22.6 Å². The van der Waals surface area contributed by atoms with Gasteiger partial charge in [-0.25, -0.2) is 4.99 Å². The van der Waals surface area contributed by atoms with E-state index < -0.39 is 12.8 Å². The molecule has 0 unspecified atom stereocenters. The maximum atomic E-state index is 12.2. The summed E-state index contributed by atoms with van der Waals surface area (Å²) in [5.74, 6) is 1.15. The van der Waals surface area contributed by atoms with Crippen molar-refractivity contribution in [1.82, 2.24) is 5.32 Å². The predicted octanol–water partition coefficient (Wildman–Crippen LogP) is 3.70. The number of guanidine groups is 1. The Morgan fingerprint density at radius 1 is 1.28 bits per heavy atom. The number of nitrogens with zero attached hydrogens (tertiary/aromatic N) is 1. The molecule has 0 atom stereocenters. The van der Waals surface area contributed by atoms with E-state index in [-0.39, 0.29) is 42.0 Å². The number of alkyl halides is 3. The smallest absolute Gasteiger partial charge is 0.422 e. The van der Waals surface area contributed by atoms with Crippen molar-refractivity contribution in [2.45, 2.75) is 33.0 Å². The number of benzene rings is 1. The van der Waals surface area contributed by atoms with Crippen LogP contribution in [0, 0.1) is 5.92 Å². The van der Waals surface area contributed by atoms with Gasteiger partial charge in [-0.1, -0.05) is 19.9 Å². The van der Waals surface area contributed by atoms with Crippen molar-refractivity contribution in [2.75, 3.05) is 20.3 Å². The van der Waals surface area contributed by atoms with Crippen molar-refractivity contribution >= 4 is 29.9 Å². The SMILES string of the molecule is COc1cc(CN=C(N)NCCC(C)C)ccc1OCC(F)(F)F.I. The van der Waals surface area contributed by atoms with E-state index in [0.717, 1.165) is 18.5 Å². The van der Waals surface area contributed by atoms with E-state index in [9.17, 15) is 13.2 Å². The van der Waals surface area contributed by atoms with E-state index in [1.807, 2.05) is 0 Å². The highest BCUT2D eigenvalue weighted by Gasteiger charge is 2.29. The van der Waals surface area contributed by atoms with Crippen molar-refractivity contribution in [3.63, 3.8) is 0 Å². The normalized spacial score (nSPS) is 11.9. The molecule has 0 spiro atoms. The van der Waals surface area contributed by atoms with Crippen LogP contribution >= 0.6 is 24.0 Å². The summed E-state index contributed by atoms with van der Waals surface area (Å²) in [5, 5.41) is 3.01. The number of nitrogens with two attached hydrogens (primary N) is 1. The number of halogens is 4.